The Kier molecular flexibility index (Phi) is 6.16. The first-order chi connectivity index (χ1) is 15.6. The SMILES string of the molecule is CC(=O)CC1CC2(CCN(C(=O)/C=C/c3ccccc3C(F)(F)F)CC2)c2cc(F)ccc21. The van der Waals surface area contributed by atoms with Gasteiger partial charge < -0.3 is 9.69 Å². The summed E-state index contributed by atoms with van der Waals surface area (Å²) in [4.78, 5) is 26.1. The van der Waals surface area contributed by atoms with Crippen molar-refractivity contribution in [2.24, 2.45) is 0 Å². The monoisotopic (exact) mass is 459 g/mol. The summed E-state index contributed by atoms with van der Waals surface area (Å²) in [5.74, 6) is -0.538. The van der Waals surface area contributed by atoms with Crippen LogP contribution in [-0.2, 0) is 21.2 Å². The van der Waals surface area contributed by atoms with Gasteiger partial charge in [0.15, 0.2) is 0 Å². The van der Waals surface area contributed by atoms with Gasteiger partial charge in [0.25, 0.3) is 0 Å². The highest BCUT2D eigenvalue weighted by molar-refractivity contribution is 5.92. The highest BCUT2D eigenvalue weighted by Crippen LogP contribution is 2.53. The number of piperidine rings is 1. The number of likely N-dealkylation sites (tertiary alicyclic amines) is 1. The molecular formula is C26H25F4NO2. The summed E-state index contributed by atoms with van der Waals surface area (Å²) in [5.41, 5.74) is 0.804. The first kappa shape index (κ1) is 23.2. The highest BCUT2D eigenvalue weighted by atomic mass is 19.4. The zero-order valence-electron chi connectivity index (χ0n) is 18.3. The summed E-state index contributed by atoms with van der Waals surface area (Å²) < 4.78 is 53.6. The number of rotatable bonds is 4. The molecule has 2 aromatic rings. The van der Waals surface area contributed by atoms with E-state index in [1.54, 1.807) is 24.0 Å². The maximum absolute atomic E-state index is 14.1. The van der Waals surface area contributed by atoms with Crippen LogP contribution in [0.1, 0.15) is 60.8 Å². The van der Waals surface area contributed by atoms with Gasteiger partial charge in [-0.3, -0.25) is 4.79 Å². The molecule has 0 bridgehead atoms. The molecule has 1 spiro atoms. The molecule has 2 aromatic carbocycles. The molecule has 33 heavy (non-hydrogen) atoms. The highest BCUT2D eigenvalue weighted by Gasteiger charge is 2.46. The number of hydrogen-bond acceptors (Lipinski definition) is 2. The molecule has 1 amide bonds. The zero-order valence-corrected chi connectivity index (χ0v) is 18.3. The Balaban J connectivity index is 1.48. The van der Waals surface area contributed by atoms with Crippen molar-refractivity contribution in [3.05, 3.63) is 76.6 Å². The van der Waals surface area contributed by atoms with E-state index in [4.69, 9.17) is 0 Å². The van der Waals surface area contributed by atoms with E-state index in [9.17, 15) is 27.2 Å². The van der Waals surface area contributed by atoms with Crippen molar-refractivity contribution in [3.8, 4) is 0 Å². The number of carbonyl (C=O) groups is 2. The van der Waals surface area contributed by atoms with E-state index < -0.39 is 11.7 Å². The smallest absolute Gasteiger partial charge is 0.339 e. The van der Waals surface area contributed by atoms with E-state index in [-0.39, 0.29) is 34.4 Å². The number of alkyl halides is 3. The van der Waals surface area contributed by atoms with Crippen LogP contribution in [0.3, 0.4) is 0 Å². The predicted octanol–water partition coefficient (Wildman–Crippen LogP) is 5.88. The van der Waals surface area contributed by atoms with Crippen LogP contribution in [0.2, 0.25) is 0 Å². The summed E-state index contributed by atoms with van der Waals surface area (Å²) in [5, 5.41) is 0. The van der Waals surface area contributed by atoms with E-state index in [0.717, 1.165) is 23.6 Å². The molecule has 7 heteroatoms. The molecule has 1 atom stereocenters. The second kappa shape index (κ2) is 8.76. The number of halogens is 4. The molecule has 1 heterocycles. The van der Waals surface area contributed by atoms with Crippen LogP contribution in [0.15, 0.2) is 48.5 Å². The van der Waals surface area contributed by atoms with E-state index in [2.05, 4.69) is 0 Å². The Morgan fingerprint density at radius 2 is 1.82 bits per heavy atom. The van der Waals surface area contributed by atoms with Gasteiger partial charge in [-0.1, -0.05) is 24.3 Å². The molecule has 174 valence electrons. The largest absolute Gasteiger partial charge is 0.416 e. The average Bonchev–Trinajstić information content (AvgIpc) is 3.03. The molecule has 1 fully saturated rings. The van der Waals surface area contributed by atoms with Gasteiger partial charge >= 0.3 is 6.18 Å². The fourth-order valence-electron chi connectivity index (χ4n) is 5.36. The van der Waals surface area contributed by atoms with Crippen LogP contribution in [0.5, 0.6) is 0 Å². The Hall–Kier alpha value is -2.96. The van der Waals surface area contributed by atoms with Gasteiger partial charge in [0.1, 0.15) is 11.6 Å². The van der Waals surface area contributed by atoms with Crippen molar-refractivity contribution in [3.63, 3.8) is 0 Å². The number of benzene rings is 2. The van der Waals surface area contributed by atoms with Gasteiger partial charge in [-0.2, -0.15) is 13.2 Å². The zero-order chi connectivity index (χ0) is 23.8. The summed E-state index contributed by atoms with van der Waals surface area (Å²) in [6.07, 6.45) is 0.283. The minimum atomic E-state index is -4.50. The number of nitrogens with zero attached hydrogens (tertiary/aromatic N) is 1. The number of carbonyl (C=O) groups excluding carboxylic acids is 2. The Labute approximate surface area is 190 Å². The van der Waals surface area contributed by atoms with Crippen LogP contribution in [0, 0.1) is 5.82 Å². The fraction of sp³-hybridized carbons (Fsp3) is 0.385. The van der Waals surface area contributed by atoms with Crippen molar-refractivity contribution >= 4 is 17.8 Å². The van der Waals surface area contributed by atoms with E-state index in [1.807, 2.05) is 0 Å². The second-order valence-electron chi connectivity index (χ2n) is 9.06. The van der Waals surface area contributed by atoms with E-state index >= 15 is 0 Å². The maximum atomic E-state index is 14.1. The molecule has 1 saturated heterocycles. The molecule has 2 aliphatic rings. The number of ketones is 1. The van der Waals surface area contributed by atoms with Crippen molar-refractivity contribution in [2.45, 2.75) is 50.1 Å². The normalized spacial score (nSPS) is 19.8. The maximum Gasteiger partial charge on any atom is 0.416 e. The summed E-state index contributed by atoms with van der Waals surface area (Å²) in [6, 6.07) is 9.88. The molecule has 3 nitrogen and oxygen atoms in total. The Morgan fingerprint density at radius 3 is 2.48 bits per heavy atom. The molecule has 1 aliphatic carbocycles. The number of hydrogen-bond donors (Lipinski definition) is 0. The van der Waals surface area contributed by atoms with Crippen LogP contribution in [0.4, 0.5) is 17.6 Å². The van der Waals surface area contributed by atoms with Crippen LogP contribution >= 0.6 is 0 Å². The lowest BCUT2D eigenvalue weighted by atomic mass is 9.73. The molecule has 0 aromatic heterocycles. The van der Waals surface area contributed by atoms with Crippen molar-refractivity contribution in [1.82, 2.24) is 4.90 Å². The standard InChI is InChI=1S/C26H25F4NO2/c1-17(32)14-19-16-25(23-15-20(27)7-8-21(19)23)10-12-31(13-11-25)24(33)9-6-18-4-2-3-5-22(18)26(28,29)30/h2-9,15,19H,10-14,16H2,1H3/b9-6+. The lowest BCUT2D eigenvalue weighted by molar-refractivity contribution is -0.137. The quantitative estimate of drug-likeness (QED) is 0.423. The lowest BCUT2D eigenvalue weighted by Crippen LogP contribution is -2.44. The van der Waals surface area contributed by atoms with Crippen LogP contribution in [-0.4, -0.2) is 29.7 Å². The molecule has 4 rings (SSSR count). The van der Waals surface area contributed by atoms with E-state index in [0.29, 0.717) is 32.4 Å². The minimum absolute atomic E-state index is 0.0408. The third-order valence-electron chi connectivity index (χ3n) is 6.90. The molecule has 0 N–H and O–H groups in total. The number of fused-ring (bicyclic) bond motifs is 2. The van der Waals surface area contributed by atoms with Crippen LogP contribution < -0.4 is 0 Å². The average molecular weight is 459 g/mol. The molecule has 0 saturated carbocycles. The van der Waals surface area contributed by atoms with Gasteiger partial charge in [0.05, 0.1) is 5.56 Å². The number of Topliss-reactive ketones (excluding diaryl/α,β-unsaturated/α-hetero) is 1. The lowest BCUT2D eigenvalue weighted by Gasteiger charge is -2.40. The van der Waals surface area contributed by atoms with Gasteiger partial charge in [-0.25, -0.2) is 4.39 Å². The predicted molar refractivity (Wildman–Crippen MR) is 117 cm³/mol. The van der Waals surface area contributed by atoms with Crippen molar-refractivity contribution in [2.75, 3.05) is 13.1 Å². The third-order valence-corrected chi connectivity index (χ3v) is 6.90. The minimum Gasteiger partial charge on any atom is -0.339 e. The topological polar surface area (TPSA) is 37.4 Å². The van der Waals surface area contributed by atoms with Gasteiger partial charge in [0.2, 0.25) is 5.91 Å². The van der Waals surface area contributed by atoms with E-state index in [1.165, 1.54) is 36.4 Å². The fourth-order valence-corrected chi connectivity index (χ4v) is 5.36. The van der Waals surface area contributed by atoms with Gasteiger partial charge in [0, 0.05) is 25.6 Å². The Bertz CT molecular complexity index is 1100. The van der Waals surface area contributed by atoms with Gasteiger partial charge in [-0.05, 0) is 78.5 Å². The van der Waals surface area contributed by atoms with Gasteiger partial charge in [-0.15, -0.1) is 0 Å². The first-order valence-corrected chi connectivity index (χ1v) is 11.0. The third kappa shape index (κ3) is 4.72. The molecule has 1 aliphatic heterocycles. The summed E-state index contributed by atoms with van der Waals surface area (Å²) in [6.45, 7) is 2.40. The number of amides is 1. The van der Waals surface area contributed by atoms with Crippen molar-refractivity contribution in [1.29, 1.82) is 0 Å². The Morgan fingerprint density at radius 1 is 1.12 bits per heavy atom. The first-order valence-electron chi connectivity index (χ1n) is 11.0. The van der Waals surface area contributed by atoms with Crippen LogP contribution in [0.25, 0.3) is 6.08 Å². The molecular weight excluding hydrogens is 434 g/mol. The molecule has 1 unspecified atom stereocenters. The molecule has 0 radical (unpaired) electrons. The summed E-state index contributed by atoms with van der Waals surface area (Å²) >= 11 is 0. The van der Waals surface area contributed by atoms with Crippen molar-refractivity contribution < 1.29 is 27.2 Å². The summed E-state index contributed by atoms with van der Waals surface area (Å²) in [7, 11) is 0. The second-order valence-corrected chi connectivity index (χ2v) is 9.06.